The number of aromatic nitrogens is 2. The molecule has 130 valence electrons. The molecule has 3 rings (SSSR count). The second-order valence-corrected chi connectivity index (χ2v) is 8.04. The molecule has 0 aliphatic heterocycles. The molecule has 3 aromatic rings. The average molecular weight is 355 g/mol. The van der Waals surface area contributed by atoms with Crippen LogP contribution < -0.4 is 5.73 Å². The number of hydrogen-bond acceptors (Lipinski definition) is 4. The summed E-state index contributed by atoms with van der Waals surface area (Å²) in [7, 11) is -3.27. The Morgan fingerprint density at radius 2 is 1.84 bits per heavy atom. The molecule has 0 aliphatic carbocycles. The fourth-order valence-electron chi connectivity index (χ4n) is 2.88. The molecule has 0 spiro atoms. The van der Waals surface area contributed by atoms with Crippen LogP contribution in [0.2, 0.25) is 0 Å². The maximum Gasteiger partial charge on any atom is 0.175 e. The summed E-state index contributed by atoms with van der Waals surface area (Å²) in [5, 5.41) is 0. The molecule has 0 radical (unpaired) electrons. The molecule has 0 bridgehead atoms. The molecule has 1 heterocycles. The van der Waals surface area contributed by atoms with Crippen LogP contribution in [0.15, 0.2) is 65.8 Å². The highest BCUT2D eigenvalue weighted by Gasteiger charge is 2.14. The SMILES string of the molecule is CS(=O)(=O)c1ccccc1Cc1nccn1Cc1cccc(CN)c1. The van der Waals surface area contributed by atoms with E-state index in [1.54, 1.807) is 18.3 Å². The molecule has 0 saturated carbocycles. The van der Waals surface area contributed by atoms with E-state index in [9.17, 15) is 8.42 Å². The Morgan fingerprint density at radius 1 is 1.08 bits per heavy atom. The molecule has 25 heavy (non-hydrogen) atoms. The number of hydrogen-bond donors (Lipinski definition) is 1. The Labute approximate surface area is 148 Å². The number of benzene rings is 2. The minimum atomic E-state index is -3.27. The number of nitrogens with zero attached hydrogens (tertiary/aromatic N) is 2. The van der Waals surface area contributed by atoms with Gasteiger partial charge in [-0.1, -0.05) is 42.5 Å². The Balaban J connectivity index is 1.88. The van der Waals surface area contributed by atoms with Gasteiger partial charge < -0.3 is 10.3 Å². The highest BCUT2D eigenvalue weighted by Crippen LogP contribution is 2.19. The Kier molecular flexibility index (Phi) is 5.01. The minimum absolute atomic E-state index is 0.356. The zero-order valence-electron chi connectivity index (χ0n) is 14.1. The normalized spacial score (nSPS) is 11.6. The molecule has 6 heteroatoms. The first kappa shape index (κ1) is 17.4. The largest absolute Gasteiger partial charge is 0.330 e. The Morgan fingerprint density at radius 3 is 2.60 bits per heavy atom. The molecule has 5 nitrogen and oxygen atoms in total. The first-order chi connectivity index (χ1) is 12.0. The summed E-state index contributed by atoms with van der Waals surface area (Å²) in [5.74, 6) is 0.828. The summed E-state index contributed by atoms with van der Waals surface area (Å²) in [6.45, 7) is 1.18. The maximum absolute atomic E-state index is 12.0. The van der Waals surface area contributed by atoms with Crippen LogP contribution in [0.1, 0.15) is 22.5 Å². The van der Waals surface area contributed by atoms with Crippen molar-refractivity contribution in [3.8, 4) is 0 Å². The van der Waals surface area contributed by atoms with E-state index < -0.39 is 9.84 Å². The van der Waals surface area contributed by atoms with Gasteiger partial charge in [0.25, 0.3) is 0 Å². The first-order valence-electron chi connectivity index (χ1n) is 8.03. The lowest BCUT2D eigenvalue weighted by molar-refractivity contribution is 0.600. The zero-order valence-corrected chi connectivity index (χ0v) is 14.9. The third-order valence-corrected chi connectivity index (χ3v) is 5.30. The van der Waals surface area contributed by atoms with Crippen LogP contribution in [0.25, 0.3) is 0 Å². The van der Waals surface area contributed by atoms with Crippen LogP contribution in [0.3, 0.4) is 0 Å². The fraction of sp³-hybridized carbons (Fsp3) is 0.211. The topological polar surface area (TPSA) is 78.0 Å². The van der Waals surface area contributed by atoms with Crippen molar-refractivity contribution in [1.82, 2.24) is 9.55 Å². The average Bonchev–Trinajstić information content (AvgIpc) is 3.01. The van der Waals surface area contributed by atoms with Gasteiger partial charge in [0, 0.05) is 38.2 Å². The predicted octanol–water partition coefficient (Wildman–Crippen LogP) is 2.38. The van der Waals surface area contributed by atoms with Crippen LogP contribution in [0.5, 0.6) is 0 Å². The molecular weight excluding hydrogens is 334 g/mol. The van der Waals surface area contributed by atoms with Gasteiger partial charge in [0.15, 0.2) is 9.84 Å². The van der Waals surface area contributed by atoms with Crippen molar-refractivity contribution in [2.24, 2.45) is 5.73 Å². The summed E-state index contributed by atoms with van der Waals surface area (Å²) in [5.41, 5.74) is 8.69. The highest BCUT2D eigenvalue weighted by molar-refractivity contribution is 7.90. The zero-order chi connectivity index (χ0) is 17.9. The van der Waals surface area contributed by atoms with E-state index in [1.165, 1.54) is 6.26 Å². The van der Waals surface area contributed by atoms with Crippen molar-refractivity contribution in [1.29, 1.82) is 0 Å². The first-order valence-corrected chi connectivity index (χ1v) is 9.92. The van der Waals surface area contributed by atoms with Crippen LogP contribution >= 0.6 is 0 Å². The van der Waals surface area contributed by atoms with E-state index in [2.05, 4.69) is 11.1 Å². The number of rotatable bonds is 6. The van der Waals surface area contributed by atoms with Crippen molar-refractivity contribution in [3.05, 3.63) is 83.4 Å². The number of nitrogens with two attached hydrogens (primary N) is 1. The van der Waals surface area contributed by atoms with Gasteiger partial charge >= 0.3 is 0 Å². The van der Waals surface area contributed by atoms with Gasteiger partial charge in [-0.3, -0.25) is 0 Å². The summed E-state index contributed by atoms with van der Waals surface area (Å²) >= 11 is 0. The summed E-state index contributed by atoms with van der Waals surface area (Å²) in [6, 6.07) is 15.2. The van der Waals surface area contributed by atoms with Crippen molar-refractivity contribution < 1.29 is 8.42 Å². The van der Waals surface area contributed by atoms with Crippen molar-refractivity contribution in [2.45, 2.75) is 24.4 Å². The smallest absolute Gasteiger partial charge is 0.175 e. The number of sulfone groups is 1. The Hall–Kier alpha value is -2.44. The van der Waals surface area contributed by atoms with Crippen LogP contribution in [-0.4, -0.2) is 24.2 Å². The van der Waals surface area contributed by atoms with E-state index in [-0.39, 0.29) is 0 Å². The predicted molar refractivity (Wildman–Crippen MR) is 98.0 cm³/mol. The van der Waals surface area contributed by atoms with E-state index in [0.29, 0.717) is 24.4 Å². The van der Waals surface area contributed by atoms with Crippen molar-refractivity contribution >= 4 is 9.84 Å². The molecule has 0 amide bonds. The van der Waals surface area contributed by atoms with Gasteiger partial charge in [0.2, 0.25) is 0 Å². The van der Waals surface area contributed by atoms with E-state index >= 15 is 0 Å². The van der Waals surface area contributed by atoms with Crippen molar-refractivity contribution in [2.75, 3.05) is 6.26 Å². The van der Waals surface area contributed by atoms with Crippen LogP contribution in [0.4, 0.5) is 0 Å². The molecule has 2 N–H and O–H groups in total. The monoisotopic (exact) mass is 355 g/mol. The van der Waals surface area contributed by atoms with Gasteiger partial charge in [-0.15, -0.1) is 0 Å². The van der Waals surface area contributed by atoms with Crippen molar-refractivity contribution in [3.63, 3.8) is 0 Å². The second-order valence-electron chi connectivity index (χ2n) is 6.05. The quantitative estimate of drug-likeness (QED) is 0.736. The summed E-state index contributed by atoms with van der Waals surface area (Å²) < 4.78 is 26.0. The number of imidazole rings is 1. The lowest BCUT2D eigenvalue weighted by Gasteiger charge is -2.11. The summed E-state index contributed by atoms with van der Waals surface area (Å²) in [6.07, 6.45) is 5.35. The molecule has 0 atom stereocenters. The van der Waals surface area contributed by atoms with Gasteiger partial charge in [-0.05, 0) is 22.8 Å². The standard InChI is InChI=1S/C19H21N3O2S/c1-25(23,24)18-8-3-2-7-17(18)12-19-21-9-10-22(19)14-16-6-4-5-15(11-16)13-20/h2-11H,12-14,20H2,1H3. The van der Waals surface area contributed by atoms with E-state index in [1.807, 2.05) is 41.1 Å². The lowest BCUT2D eigenvalue weighted by atomic mass is 10.1. The highest BCUT2D eigenvalue weighted by atomic mass is 32.2. The molecule has 0 aliphatic rings. The summed E-state index contributed by atoms with van der Waals surface area (Å²) in [4.78, 5) is 4.77. The second kappa shape index (κ2) is 7.21. The molecule has 2 aromatic carbocycles. The van der Waals surface area contributed by atoms with Crippen LogP contribution in [-0.2, 0) is 29.3 Å². The molecule has 1 aromatic heterocycles. The molecular formula is C19H21N3O2S. The van der Waals surface area contributed by atoms with E-state index in [0.717, 1.165) is 22.5 Å². The third-order valence-electron chi connectivity index (χ3n) is 4.10. The minimum Gasteiger partial charge on any atom is -0.330 e. The van der Waals surface area contributed by atoms with Gasteiger partial charge in [0.1, 0.15) is 5.82 Å². The molecule has 0 fully saturated rings. The third kappa shape index (κ3) is 4.15. The lowest BCUT2D eigenvalue weighted by Crippen LogP contribution is -2.08. The Bertz CT molecular complexity index is 978. The van der Waals surface area contributed by atoms with E-state index in [4.69, 9.17) is 5.73 Å². The fourth-order valence-corrected chi connectivity index (χ4v) is 3.83. The van der Waals surface area contributed by atoms with Gasteiger partial charge in [-0.25, -0.2) is 13.4 Å². The van der Waals surface area contributed by atoms with Gasteiger partial charge in [0.05, 0.1) is 4.90 Å². The van der Waals surface area contributed by atoms with Gasteiger partial charge in [-0.2, -0.15) is 0 Å². The molecule has 0 saturated heterocycles. The van der Waals surface area contributed by atoms with Crippen LogP contribution in [0, 0.1) is 0 Å². The molecule has 0 unspecified atom stereocenters. The maximum atomic E-state index is 12.0.